The van der Waals surface area contributed by atoms with E-state index in [1.165, 1.54) is 4.90 Å². The Morgan fingerprint density at radius 2 is 2.05 bits per heavy atom. The number of aliphatic carboxylic acids is 1. The van der Waals surface area contributed by atoms with Crippen LogP contribution < -0.4 is 4.74 Å². The maximum absolute atomic E-state index is 12.2. The molecular formula is C16H21NO4. The number of carboxylic acid groups (broad SMARTS) is 1. The fraction of sp³-hybridized carbons (Fsp3) is 0.500. The van der Waals surface area contributed by atoms with Crippen molar-refractivity contribution in [1.82, 2.24) is 4.90 Å². The van der Waals surface area contributed by atoms with Crippen LogP contribution in [0.2, 0.25) is 0 Å². The second kappa shape index (κ2) is 6.61. The third-order valence-electron chi connectivity index (χ3n) is 3.95. The van der Waals surface area contributed by atoms with Crippen LogP contribution in [0.4, 0.5) is 0 Å². The third-order valence-corrected chi connectivity index (χ3v) is 3.95. The fourth-order valence-electron chi connectivity index (χ4n) is 2.65. The average Bonchev–Trinajstić information content (AvgIpc) is 2.88. The first-order chi connectivity index (χ1) is 10.0. The van der Waals surface area contributed by atoms with Crippen molar-refractivity contribution in [3.8, 4) is 5.75 Å². The molecule has 5 heteroatoms. The van der Waals surface area contributed by atoms with Gasteiger partial charge in [-0.15, -0.1) is 0 Å². The minimum Gasteiger partial charge on any atom is -0.494 e. The monoisotopic (exact) mass is 291 g/mol. The Morgan fingerprint density at radius 1 is 1.33 bits per heavy atom. The molecule has 0 aromatic heterocycles. The third kappa shape index (κ3) is 3.54. The van der Waals surface area contributed by atoms with Gasteiger partial charge in [0.25, 0.3) is 0 Å². The summed E-state index contributed by atoms with van der Waals surface area (Å²) in [5, 5.41) is 9.29. The van der Waals surface area contributed by atoms with E-state index in [1.54, 1.807) is 6.92 Å². The number of likely N-dealkylation sites (tertiary alicyclic amines) is 1. The zero-order valence-corrected chi connectivity index (χ0v) is 12.2. The van der Waals surface area contributed by atoms with Crippen LogP contribution in [-0.2, 0) is 9.59 Å². The van der Waals surface area contributed by atoms with Crippen molar-refractivity contribution in [1.29, 1.82) is 0 Å². The fourth-order valence-corrected chi connectivity index (χ4v) is 2.65. The molecule has 0 spiro atoms. The van der Waals surface area contributed by atoms with Crippen LogP contribution in [0.3, 0.4) is 0 Å². The van der Waals surface area contributed by atoms with Gasteiger partial charge in [0.05, 0.1) is 6.61 Å². The summed E-state index contributed by atoms with van der Waals surface area (Å²) >= 11 is 0. The SMILES string of the molecule is CC1(C(=O)O)CCCN1C(=O)CCCOc1ccccc1. The molecule has 0 bridgehead atoms. The van der Waals surface area contributed by atoms with Crippen molar-refractivity contribution in [3.05, 3.63) is 30.3 Å². The number of hydrogen-bond acceptors (Lipinski definition) is 3. The van der Waals surface area contributed by atoms with E-state index in [1.807, 2.05) is 30.3 Å². The lowest BCUT2D eigenvalue weighted by Gasteiger charge is -2.31. The molecule has 1 atom stereocenters. The summed E-state index contributed by atoms with van der Waals surface area (Å²) in [5.41, 5.74) is -1.04. The molecule has 1 heterocycles. The highest BCUT2D eigenvalue weighted by atomic mass is 16.5. The first-order valence-electron chi connectivity index (χ1n) is 7.26. The van der Waals surface area contributed by atoms with Crippen LogP contribution in [0.1, 0.15) is 32.6 Å². The van der Waals surface area contributed by atoms with Gasteiger partial charge in [-0.3, -0.25) is 4.79 Å². The number of carboxylic acids is 1. The van der Waals surface area contributed by atoms with Crippen LogP contribution in [-0.4, -0.2) is 40.6 Å². The Hall–Kier alpha value is -2.04. The van der Waals surface area contributed by atoms with Crippen molar-refractivity contribution in [2.24, 2.45) is 0 Å². The molecule has 21 heavy (non-hydrogen) atoms. The molecule has 1 aromatic carbocycles. The zero-order chi connectivity index (χ0) is 15.3. The number of hydrogen-bond donors (Lipinski definition) is 1. The lowest BCUT2D eigenvalue weighted by atomic mass is 9.99. The first-order valence-corrected chi connectivity index (χ1v) is 7.26. The van der Waals surface area contributed by atoms with Crippen molar-refractivity contribution in [3.63, 3.8) is 0 Å². The van der Waals surface area contributed by atoms with E-state index in [0.717, 1.165) is 12.2 Å². The Morgan fingerprint density at radius 3 is 2.71 bits per heavy atom. The van der Waals surface area contributed by atoms with Crippen LogP contribution in [0, 0.1) is 0 Å². The molecule has 0 saturated carbocycles. The number of ether oxygens (including phenoxy) is 1. The highest BCUT2D eigenvalue weighted by molar-refractivity contribution is 5.87. The summed E-state index contributed by atoms with van der Waals surface area (Å²) in [5.74, 6) is -0.246. The molecule has 1 unspecified atom stereocenters. The van der Waals surface area contributed by atoms with E-state index >= 15 is 0 Å². The van der Waals surface area contributed by atoms with E-state index < -0.39 is 11.5 Å². The van der Waals surface area contributed by atoms with E-state index in [2.05, 4.69) is 0 Å². The van der Waals surface area contributed by atoms with Gasteiger partial charge in [0.15, 0.2) is 0 Å². The number of amides is 1. The largest absolute Gasteiger partial charge is 0.494 e. The van der Waals surface area contributed by atoms with Crippen LogP contribution in [0.15, 0.2) is 30.3 Å². The summed E-state index contributed by atoms with van der Waals surface area (Å²) in [4.78, 5) is 25.0. The predicted molar refractivity (Wildman–Crippen MR) is 78.2 cm³/mol. The van der Waals surface area contributed by atoms with Gasteiger partial charge in [-0.1, -0.05) is 18.2 Å². The highest BCUT2D eigenvalue weighted by Crippen LogP contribution is 2.30. The summed E-state index contributed by atoms with van der Waals surface area (Å²) in [6, 6.07) is 9.43. The van der Waals surface area contributed by atoms with Crippen molar-refractivity contribution in [2.75, 3.05) is 13.2 Å². The quantitative estimate of drug-likeness (QED) is 0.817. The summed E-state index contributed by atoms with van der Waals surface area (Å²) in [6.07, 6.45) is 2.17. The topological polar surface area (TPSA) is 66.8 Å². The normalized spacial score (nSPS) is 21.3. The Labute approximate surface area is 124 Å². The number of carbonyl (C=O) groups excluding carboxylic acids is 1. The van der Waals surface area contributed by atoms with Crippen LogP contribution in [0.5, 0.6) is 5.75 Å². The van der Waals surface area contributed by atoms with E-state index in [0.29, 0.717) is 32.4 Å². The van der Waals surface area contributed by atoms with E-state index in [4.69, 9.17) is 4.74 Å². The minimum absolute atomic E-state index is 0.103. The van der Waals surface area contributed by atoms with Gasteiger partial charge < -0.3 is 14.7 Å². The molecule has 1 aliphatic rings. The highest BCUT2D eigenvalue weighted by Gasteiger charge is 2.45. The molecular weight excluding hydrogens is 270 g/mol. The van der Waals surface area contributed by atoms with Crippen molar-refractivity contribution in [2.45, 2.75) is 38.1 Å². The predicted octanol–water partition coefficient (Wildman–Crippen LogP) is 2.31. The minimum atomic E-state index is -1.04. The number of rotatable bonds is 6. The molecule has 1 saturated heterocycles. The van der Waals surface area contributed by atoms with E-state index in [-0.39, 0.29) is 5.91 Å². The number of nitrogens with zero attached hydrogens (tertiary/aromatic N) is 1. The Kier molecular flexibility index (Phi) is 4.83. The standard InChI is InChI=1S/C16H21NO4/c1-16(15(19)20)10-6-11-17(16)14(18)9-5-12-21-13-7-3-2-4-8-13/h2-4,7-8H,5-6,9-12H2,1H3,(H,19,20). The van der Waals surface area contributed by atoms with Gasteiger partial charge in [0, 0.05) is 13.0 Å². The molecule has 2 rings (SSSR count). The molecule has 1 N–H and O–H groups in total. The number of para-hydroxylation sites is 1. The van der Waals surface area contributed by atoms with Crippen LogP contribution >= 0.6 is 0 Å². The number of carbonyl (C=O) groups is 2. The molecule has 114 valence electrons. The molecule has 0 radical (unpaired) electrons. The molecule has 0 aliphatic carbocycles. The van der Waals surface area contributed by atoms with Crippen LogP contribution in [0.25, 0.3) is 0 Å². The van der Waals surface area contributed by atoms with Crippen molar-refractivity contribution >= 4 is 11.9 Å². The molecule has 5 nitrogen and oxygen atoms in total. The summed E-state index contributed by atoms with van der Waals surface area (Å²) in [7, 11) is 0. The van der Waals surface area contributed by atoms with E-state index in [9.17, 15) is 14.7 Å². The smallest absolute Gasteiger partial charge is 0.329 e. The van der Waals surface area contributed by atoms with Gasteiger partial charge in [0.2, 0.25) is 5.91 Å². The van der Waals surface area contributed by atoms with Crippen molar-refractivity contribution < 1.29 is 19.4 Å². The average molecular weight is 291 g/mol. The Bertz CT molecular complexity index is 502. The maximum atomic E-state index is 12.2. The first kappa shape index (κ1) is 15.4. The Balaban J connectivity index is 1.78. The summed E-state index contributed by atoms with van der Waals surface area (Å²) in [6.45, 7) is 2.61. The lowest BCUT2D eigenvalue weighted by molar-refractivity contribution is -0.155. The molecule has 1 aliphatic heterocycles. The van der Waals surface area contributed by atoms with Gasteiger partial charge in [0.1, 0.15) is 11.3 Å². The number of benzene rings is 1. The molecule has 1 aromatic rings. The summed E-state index contributed by atoms with van der Waals surface area (Å²) < 4.78 is 5.53. The lowest BCUT2D eigenvalue weighted by Crippen LogP contribution is -2.50. The second-order valence-corrected chi connectivity index (χ2v) is 5.49. The molecule has 1 amide bonds. The molecule has 1 fully saturated rings. The second-order valence-electron chi connectivity index (χ2n) is 5.49. The zero-order valence-electron chi connectivity index (χ0n) is 12.2. The maximum Gasteiger partial charge on any atom is 0.329 e. The van der Waals surface area contributed by atoms with Gasteiger partial charge in [-0.25, -0.2) is 4.79 Å². The van der Waals surface area contributed by atoms with Gasteiger partial charge in [-0.2, -0.15) is 0 Å². The van der Waals surface area contributed by atoms with Gasteiger partial charge in [-0.05, 0) is 38.3 Å². The van der Waals surface area contributed by atoms with Gasteiger partial charge >= 0.3 is 5.97 Å².